The molecule has 0 saturated heterocycles. The fourth-order valence-electron chi connectivity index (χ4n) is 2.37. The van der Waals surface area contributed by atoms with Crippen molar-refractivity contribution in [1.82, 2.24) is 15.2 Å². The minimum Gasteiger partial charge on any atom is -0.402 e. The predicted molar refractivity (Wildman–Crippen MR) is 101 cm³/mol. The van der Waals surface area contributed by atoms with Crippen LogP contribution in [-0.2, 0) is 14.6 Å². The molecule has 0 aliphatic carbocycles. The van der Waals surface area contributed by atoms with Gasteiger partial charge in [0.15, 0.2) is 9.84 Å². The maximum Gasteiger partial charge on any atom is 0.322 e. The lowest BCUT2D eigenvalue weighted by Gasteiger charge is -2.04. The molecule has 0 aliphatic rings. The van der Waals surface area contributed by atoms with Crippen LogP contribution >= 0.6 is 11.3 Å². The number of benzene rings is 1. The number of nitrogens with zero attached hydrogens (tertiary/aromatic N) is 3. The number of aromatic nitrogens is 3. The Morgan fingerprint density at radius 2 is 1.85 bits per heavy atom. The van der Waals surface area contributed by atoms with E-state index in [0.29, 0.717) is 0 Å². The molecule has 142 valence electrons. The molecular formula is C17H18N4O4S2. The summed E-state index contributed by atoms with van der Waals surface area (Å²) < 4.78 is 30.0. The molecule has 0 saturated carbocycles. The molecule has 0 unspecified atom stereocenters. The van der Waals surface area contributed by atoms with Crippen LogP contribution in [0.1, 0.15) is 22.7 Å². The summed E-state index contributed by atoms with van der Waals surface area (Å²) in [4.78, 5) is 17.3. The quantitative estimate of drug-likeness (QED) is 0.669. The zero-order chi connectivity index (χ0) is 19.6. The third-order valence-electron chi connectivity index (χ3n) is 3.75. The van der Waals surface area contributed by atoms with Crippen molar-refractivity contribution in [2.45, 2.75) is 32.1 Å². The van der Waals surface area contributed by atoms with E-state index in [9.17, 15) is 13.2 Å². The van der Waals surface area contributed by atoms with Gasteiger partial charge in [0.25, 0.3) is 5.89 Å². The maximum atomic E-state index is 12.3. The Morgan fingerprint density at radius 3 is 2.48 bits per heavy atom. The number of rotatable bonds is 6. The zero-order valence-electron chi connectivity index (χ0n) is 15.0. The smallest absolute Gasteiger partial charge is 0.322 e. The van der Waals surface area contributed by atoms with Crippen LogP contribution in [-0.4, -0.2) is 35.3 Å². The number of aryl methyl sites for hydroxylation is 3. The first-order valence-corrected chi connectivity index (χ1v) is 10.6. The summed E-state index contributed by atoms with van der Waals surface area (Å²) in [6.45, 7) is 5.57. The number of carbonyl (C=O) groups is 1. The highest BCUT2D eigenvalue weighted by molar-refractivity contribution is 7.91. The molecule has 0 atom stereocenters. The molecule has 0 bridgehead atoms. The topological polar surface area (TPSA) is 115 Å². The van der Waals surface area contributed by atoms with E-state index in [1.165, 1.54) is 23.5 Å². The van der Waals surface area contributed by atoms with Crippen molar-refractivity contribution in [1.29, 1.82) is 0 Å². The SMILES string of the molecule is Cc1ccc(S(=O)(=O)CCC(=O)Nc2nnc(-c3sc(C)nc3C)o2)cc1. The number of thiazole rings is 1. The molecule has 0 radical (unpaired) electrons. The third-order valence-corrected chi connectivity index (χ3v) is 6.54. The summed E-state index contributed by atoms with van der Waals surface area (Å²) in [7, 11) is -3.54. The van der Waals surface area contributed by atoms with Crippen LogP contribution in [0.5, 0.6) is 0 Å². The molecule has 0 spiro atoms. The third kappa shape index (κ3) is 4.58. The molecule has 2 aromatic heterocycles. The largest absolute Gasteiger partial charge is 0.402 e. The van der Waals surface area contributed by atoms with Gasteiger partial charge in [-0.25, -0.2) is 13.4 Å². The number of hydrogen-bond acceptors (Lipinski definition) is 8. The van der Waals surface area contributed by atoms with Crippen molar-refractivity contribution in [3.63, 3.8) is 0 Å². The second kappa shape index (κ2) is 7.57. The molecule has 0 aliphatic heterocycles. The molecule has 2 heterocycles. The molecule has 3 rings (SSSR count). The molecule has 1 aromatic carbocycles. The van der Waals surface area contributed by atoms with E-state index in [1.54, 1.807) is 12.1 Å². The van der Waals surface area contributed by atoms with E-state index in [1.807, 2.05) is 20.8 Å². The van der Waals surface area contributed by atoms with E-state index < -0.39 is 15.7 Å². The van der Waals surface area contributed by atoms with Crippen LogP contribution in [0.25, 0.3) is 10.8 Å². The molecule has 0 fully saturated rings. The summed E-state index contributed by atoms with van der Waals surface area (Å²) in [6.07, 6.45) is -0.216. The molecular weight excluding hydrogens is 388 g/mol. The van der Waals surface area contributed by atoms with Crippen molar-refractivity contribution in [3.05, 3.63) is 40.5 Å². The first kappa shape index (κ1) is 19.2. The number of amides is 1. The van der Waals surface area contributed by atoms with E-state index in [0.717, 1.165) is 21.1 Å². The standard InChI is InChI=1S/C17H18N4O4S2/c1-10-4-6-13(7-5-10)27(23,24)9-8-14(22)19-17-21-20-16(25-17)15-11(2)18-12(3)26-15/h4-7H,8-9H2,1-3H3,(H,19,21,22). The number of sulfone groups is 1. The second-order valence-corrected chi connectivity index (χ2v) is 9.30. The lowest BCUT2D eigenvalue weighted by Crippen LogP contribution is -2.17. The van der Waals surface area contributed by atoms with E-state index >= 15 is 0 Å². The molecule has 10 heteroatoms. The van der Waals surface area contributed by atoms with E-state index in [-0.39, 0.29) is 29.0 Å². The summed E-state index contributed by atoms with van der Waals surface area (Å²) in [5.74, 6) is -0.561. The Bertz CT molecular complexity index is 1070. The van der Waals surface area contributed by atoms with E-state index in [2.05, 4.69) is 20.5 Å². The monoisotopic (exact) mass is 406 g/mol. The Hall–Kier alpha value is -2.59. The van der Waals surface area contributed by atoms with Crippen LogP contribution in [0.4, 0.5) is 6.01 Å². The van der Waals surface area contributed by atoms with E-state index in [4.69, 9.17) is 4.42 Å². The van der Waals surface area contributed by atoms with Crippen molar-refractivity contribution in [2.75, 3.05) is 11.1 Å². The highest BCUT2D eigenvalue weighted by Gasteiger charge is 2.19. The maximum absolute atomic E-state index is 12.3. The van der Waals surface area contributed by atoms with Gasteiger partial charge in [0.1, 0.15) is 4.88 Å². The van der Waals surface area contributed by atoms with Crippen molar-refractivity contribution >= 4 is 33.1 Å². The highest BCUT2D eigenvalue weighted by atomic mass is 32.2. The highest BCUT2D eigenvalue weighted by Crippen LogP contribution is 2.29. The lowest BCUT2D eigenvalue weighted by molar-refractivity contribution is -0.115. The van der Waals surface area contributed by atoms with Crippen molar-refractivity contribution in [2.24, 2.45) is 0 Å². The molecule has 27 heavy (non-hydrogen) atoms. The number of anilines is 1. The van der Waals surface area contributed by atoms with Crippen LogP contribution in [0.3, 0.4) is 0 Å². The lowest BCUT2D eigenvalue weighted by atomic mass is 10.2. The van der Waals surface area contributed by atoms with Crippen molar-refractivity contribution in [3.8, 4) is 10.8 Å². The van der Waals surface area contributed by atoms with Gasteiger partial charge in [0.2, 0.25) is 5.91 Å². The Morgan fingerprint density at radius 1 is 1.15 bits per heavy atom. The number of hydrogen-bond donors (Lipinski definition) is 1. The van der Waals surface area contributed by atoms with Crippen molar-refractivity contribution < 1.29 is 17.6 Å². The van der Waals surface area contributed by atoms with Crippen LogP contribution in [0.15, 0.2) is 33.6 Å². The average Bonchev–Trinajstić information content (AvgIpc) is 3.19. The minimum atomic E-state index is -3.54. The first-order valence-electron chi connectivity index (χ1n) is 8.12. The normalized spacial score (nSPS) is 11.5. The Labute approximate surface area is 160 Å². The zero-order valence-corrected chi connectivity index (χ0v) is 16.6. The number of carbonyl (C=O) groups excluding carboxylic acids is 1. The van der Waals surface area contributed by atoms with Crippen LogP contribution < -0.4 is 5.32 Å². The molecule has 1 N–H and O–H groups in total. The van der Waals surface area contributed by atoms with Gasteiger partial charge in [-0.1, -0.05) is 22.8 Å². The summed E-state index contributed by atoms with van der Waals surface area (Å²) in [5, 5.41) is 11.0. The fourth-order valence-corrected chi connectivity index (χ4v) is 4.45. The van der Waals surface area contributed by atoms with Crippen LogP contribution in [0.2, 0.25) is 0 Å². The van der Waals surface area contributed by atoms with Gasteiger partial charge in [-0.05, 0) is 32.9 Å². The average molecular weight is 406 g/mol. The van der Waals surface area contributed by atoms with Gasteiger partial charge in [0, 0.05) is 6.42 Å². The van der Waals surface area contributed by atoms with Gasteiger partial charge in [0.05, 0.1) is 21.3 Å². The Balaban J connectivity index is 1.61. The Kier molecular flexibility index (Phi) is 5.38. The number of nitrogens with one attached hydrogen (secondary N) is 1. The first-order chi connectivity index (χ1) is 12.7. The minimum absolute atomic E-state index is 0.0758. The van der Waals surface area contributed by atoms with Gasteiger partial charge in [-0.15, -0.1) is 16.4 Å². The van der Waals surface area contributed by atoms with Crippen LogP contribution in [0, 0.1) is 20.8 Å². The molecule has 1 amide bonds. The summed E-state index contributed by atoms with van der Waals surface area (Å²) in [6, 6.07) is 6.43. The van der Waals surface area contributed by atoms with Gasteiger partial charge < -0.3 is 4.42 Å². The summed E-state index contributed by atoms with van der Waals surface area (Å²) in [5.41, 5.74) is 1.73. The fraction of sp³-hybridized carbons (Fsp3) is 0.294. The molecule has 3 aromatic rings. The van der Waals surface area contributed by atoms with Gasteiger partial charge in [-0.3, -0.25) is 10.1 Å². The van der Waals surface area contributed by atoms with Gasteiger partial charge in [-0.2, -0.15) is 0 Å². The predicted octanol–water partition coefficient (Wildman–Crippen LogP) is 2.92. The van der Waals surface area contributed by atoms with Gasteiger partial charge >= 0.3 is 6.01 Å². The second-order valence-electron chi connectivity index (χ2n) is 5.99. The molecule has 8 nitrogen and oxygen atoms in total. The summed E-state index contributed by atoms with van der Waals surface area (Å²) >= 11 is 1.41.